The van der Waals surface area contributed by atoms with Gasteiger partial charge in [-0.3, -0.25) is 4.79 Å². The number of primary amides is 1. The fraction of sp³-hybridized carbons (Fsp3) is 0.333. The first-order valence-electron chi connectivity index (χ1n) is 11.9. The van der Waals surface area contributed by atoms with Gasteiger partial charge in [-0.15, -0.1) is 16.9 Å². The fourth-order valence-electron chi connectivity index (χ4n) is 5.18. The summed E-state index contributed by atoms with van der Waals surface area (Å²) in [5.41, 5.74) is 9.92. The van der Waals surface area contributed by atoms with E-state index >= 15 is 0 Å². The number of thioether (sulfide) groups is 1. The molecule has 0 aliphatic carbocycles. The van der Waals surface area contributed by atoms with Gasteiger partial charge >= 0.3 is 0 Å². The van der Waals surface area contributed by atoms with Gasteiger partial charge < -0.3 is 10.6 Å². The first-order chi connectivity index (χ1) is 17.0. The van der Waals surface area contributed by atoms with E-state index in [0.29, 0.717) is 5.65 Å². The van der Waals surface area contributed by atoms with Crippen LogP contribution in [0, 0.1) is 12.8 Å². The van der Waals surface area contributed by atoms with Crippen molar-refractivity contribution in [3.8, 4) is 5.69 Å². The molecule has 0 bridgehead atoms. The molecule has 35 heavy (non-hydrogen) atoms. The van der Waals surface area contributed by atoms with E-state index in [2.05, 4.69) is 66.4 Å². The number of carbonyl (C=O) groups excluding carboxylic acids is 1. The Morgan fingerprint density at radius 3 is 2.54 bits per heavy atom. The van der Waals surface area contributed by atoms with Gasteiger partial charge in [0.15, 0.2) is 5.65 Å². The smallest absolute Gasteiger partial charge is 0.222 e. The molecule has 0 spiro atoms. The number of aryl methyl sites for hydroxylation is 1. The monoisotopic (exact) mass is 486 g/mol. The molecule has 2 aromatic heterocycles. The van der Waals surface area contributed by atoms with Crippen LogP contribution in [0.15, 0.2) is 66.0 Å². The van der Waals surface area contributed by atoms with Gasteiger partial charge in [0.1, 0.15) is 12.1 Å². The Kier molecular flexibility index (Phi) is 6.47. The number of benzene rings is 2. The van der Waals surface area contributed by atoms with E-state index in [-0.39, 0.29) is 23.8 Å². The summed E-state index contributed by atoms with van der Waals surface area (Å²) in [7, 11) is 0. The van der Waals surface area contributed by atoms with Crippen LogP contribution in [0.3, 0.4) is 0 Å². The number of carbonyl (C=O) groups is 1. The Balaban J connectivity index is 1.58. The lowest BCUT2D eigenvalue weighted by Gasteiger charge is -2.44. The Labute approximate surface area is 209 Å². The second-order valence-electron chi connectivity index (χ2n) is 9.24. The summed E-state index contributed by atoms with van der Waals surface area (Å²) in [5, 5.41) is 5.58. The molecule has 2 unspecified atom stereocenters. The van der Waals surface area contributed by atoms with Crippen LogP contribution in [0.5, 0.6) is 0 Å². The minimum absolute atomic E-state index is 0.0841. The summed E-state index contributed by atoms with van der Waals surface area (Å²) in [6.07, 6.45) is 7.27. The van der Waals surface area contributed by atoms with Crippen LogP contribution in [-0.4, -0.2) is 44.5 Å². The van der Waals surface area contributed by atoms with Crippen LogP contribution in [0.25, 0.3) is 16.7 Å². The Morgan fingerprint density at radius 2 is 1.86 bits per heavy atom. The zero-order chi connectivity index (χ0) is 24.5. The number of amides is 1. The van der Waals surface area contributed by atoms with Crippen LogP contribution in [-0.2, 0) is 4.79 Å². The maximum atomic E-state index is 12.6. The number of nitrogens with zero attached hydrogens (tertiary/aromatic N) is 5. The number of hydrogen-bond acceptors (Lipinski definition) is 6. The Morgan fingerprint density at radius 1 is 1.11 bits per heavy atom. The molecule has 0 saturated carbocycles. The third-order valence-electron chi connectivity index (χ3n) is 7.07. The van der Waals surface area contributed by atoms with E-state index in [9.17, 15) is 4.79 Å². The van der Waals surface area contributed by atoms with Crippen LogP contribution in [0.4, 0.5) is 5.82 Å². The maximum Gasteiger partial charge on any atom is 0.222 e. The molecule has 4 aromatic rings. The molecule has 0 radical (unpaired) electrons. The molecule has 1 fully saturated rings. The quantitative estimate of drug-likeness (QED) is 0.397. The number of aromatic nitrogens is 4. The number of fused-ring (bicyclic) bond motifs is 1. The number of nitrogens with two attached hydrogens (primary N) is 1. The van der Waals surface area contributed by atoms with E-state index in [4.69, 9.17) is 15.8 Å². The molecule has 5 rings (SSSR count). The van der Waals surface area contributed by atoms with Gasteiger partial charge in [0.05, 0.1) is 17.0 Å². The highest BCUT2D eigenvalue weighted by molar-refractivity contribution is 7.98. The minimum Gasteiger partial charge on any atom is -0.369 e. The third-order valence-corrected chi connectivity index (χ3v) is 7.82. The van der Waals surface area contributed by atoms with Crippen molar-refractivity contribution in [1.82, 2.24) is 19.7 Å². The van der Waals surface area contributed by atoms with Crippen molar-refractivity contribution >= 4 is 34.5 Å². The molecule has 1 amide bonds. The highest BCUT2D eigenvalue weighted by atomic mass is 32.2. The molecular formula is C27H30N6OS. The van der Waals surface area contributed by atoms with Crippen LogP contribution < -0.4 is 10.6 Å². The van der Waals surface area contributed by atoms with E-state index in [1.54, 1.807) is 18.1 Å². The molecule has 1 saturated heterocycles. The van der Waals surface area contributed by atoms with Gasteiger partial charge in [-0.1, -0.05) is 36.8 Å². The molecule has 2 aromatic carbocycles. The maximum absolute atomic E-state index is 12.6. The van der Waals surface area contributed by atoms with Gasteiger partial charge in [0.25, 0.3) is 0 Å². The normalized spacial score (nSPS) is 19.1. The summed E-state index contributed by atoms with van der Waals surface area (Å²) >= 11 is 1.72. The summed E-state index contributed by atoms with van der Waals surface area (Å²) in [6, 6.07) is 16.7. The second-order valence-corrected chi connectivity index (χ2v) is 10.1. The third kappa shape index (κ3) is 4.50. The van der Waals surface area contributed by atoms with Gasteiger partial charge in [0, 0.05) is 29.6 Å². The standard InChI is InChI=1S/C27H30N6OS/c1-17-6-10-20(11-7-17)33-15-23-26(31-33)29-16-30-27(23)32-14-4-5-22(25(28)34)24(32)18(2)19-8-12-21(35-3)13-9-19/h6-13,15-16,18,22,24H,4-5,14H2,1-3H3,(H2,28,34)/t18-,22?,24?/m0/s1. The SMILES string of the molecule is CSc1ccc([C@H](C)C2C(C(N)=O)CCCN2c2ncnc3nn(-c4ccc(C)cc4)cc23)cc1. The van der Waals surface area contributed by atoms with Crippen molar-refractivity contribution in [1.29, 1.82) is 0 Å². The van der Waals surface area contributed by atoms with Crippen molar-refractivity contribution in [3.05, 3.63) is 72.2 Å². The molecule has 7 nitrogen and oxygen atoms in total. The van der Waals surface area contributed by atoms with E-state index in [1.807, 2.05) is 23.0 Å². The van der Waals surface area contributed by atoms with Gasteiger partial charge in [-0.05, 0) is 55.9 Å². The van der Waals surface area contributed by atoms with E-state index in [0.717, 1.165) is 36.3 Å². The lowest BCUT2D eigenvalue weighted by Crippen LogP contribution is -2.52. The first-order valence-corrected chi connectivity index (χ1v) is 13.2. The molecule has 1 aliphatic heterocycles. The number of anilines is 1. The average Bonchev–Trinajstić information content (AvgIpc) is 3.33. The number of rotatable bonds is 6. The van der Waals surface area contributed by atoms with Crippen LogP contribution >= 0.6 is 11.8 Å². The summed E-state index contributed by atoms with van der Waals surface area (Å²) in [5.74, 6) is 0.363. The lowest BCUT2D eigenvalue weighted by molar-refractivity contribution is -0.123. The Bertz CT molecular complexity index is 1330. The highest BCUT2D eigenvalue weighted by Gasteiger charge is 2.40. The highest BCUT2D eigenvalue weighted by Crippen LogP contribution is 2.38. The zero-order valence-electron chi connectivity index (χ0n) is 20.3. The van der Waals surface area contributed by atoms with Gasteiger partial charge in [-0.2, -0.15) is 0 Å². The zero-order valence-corrected chi connectivity index (χ0v) is 21.1. The fourth-order valence-corrected chi connectivity index (χ4v) is 5.59. The van der Waals surface area contributed by atoms with Crippen molar-refractivity contribution in [2.45, 2.75) is 43.5 Å². The van der Waals surface area contributed by atoms with E-state index < -0.39 is 0 Å². The molecule has 8 heteroatoms. The predicted molar refractivity (Wildman–Crippen MR) is 141 cm³/mol. The second kappa shape index (κ2) is 9.70. The molecule has 1 aliphatic rings. The molecular weight excluding hydrogens is 456 g/mol. The number of hydrogen-bond donors (Lipinski definition) is 1. The van der Waals surface area contributed by atoms with Gasteiger partial charge in [0.2, 0.25) is 5.91 Å². The van der Waals surface area contributed by atoms with Crippen LogP contribution in [0.1, 0.15) is 36.8 Å². The van der Waals surface area contributed by atoms with Crippen molar-refractivity contribution in [2.24, 2.45) is 11.7 Å². The van der Waals surface area contributed by atoms with Gasteiger partial charge in [-0.25, -0.2) is 14.6 Å². The molecule has 3 atom stereocenters. The topological polar surface area (TPSA) is 89.9 Å². The predicted octanol–water partition coefficient (Wildman–Crippen LogP) is 4.72. The lowest BCUT2D eigenvalue weighted by atomic mass is 9.78. The van der Waals surface area contributed by atoms with Crippen LogP contribution in [0.2, 0.25) is 0 Å². The minimum atomic E-state index is -0.267. The van der Waals surface area contributed by atoms with Crippen molar-refractivity contribution in [3.63, 3.8) is 0 Å². The number of piperidine rings is 1. The molecule has 3 heterocycles. The summed E-state index contributed by atoms with van der Waals surface area (Å²) in [6.45, 7) is 5.04. The average molecular weight is 487 g/mol. The summed E-state index contributed by atoms with van der Waals surface area (Å²) < 4.78 is 1.84. The first kappa shape index (κ1) is 23.4. The van der Waals surface area contributed by atoms with Crippen molar-refractivity contribution in [2.75, 3.05) is 17.7 Å². The van der Waals surface area contributed by atoms with E-state index in [1.165, 1.54) is 16.0 Å². The summed E-state index contributed by atoms with van der Waals surface area (Å²) in [4.78, 5) is 25.2. The molecule has 180 valence electrons. The Hall–Kier alpha value is -3.39. The van der Waals surface area contributed by atoms with Crippen molar-refractivity contribution < 1.29 is 4.79 Å². The largest absolute Gasteiger partial charge is 0.369 e. The molecule has 2 N–H and O–H groups in total.